The minimum absolute atomic E-state index is 0.0136. The van der Waals surface area contributed by atoms with E-state index in [0.29, 0.717) is 32.5 Å². The average molecular weight is 406 g/mol. The summed E-state index contributed by atoms with van der Waals surface area (Å²) in [6.45, 7) is 1.32. The number of carbonyl (C=O) groups excluding carboxylic acids is 1. The molecule has 0 bridgehead atoms. The highest BCUT2D eigenvalue weighted by Gasteiger charge is 2.26. The Morgan fingerprint density at radius 1 is 1.42 bits per heavy atom. The first-order valence-electron chi connectivity index (χ1n) is 7.88. The quantitative estimate of drug-likeness (QED) is 0.437. The number of piperidine rings is 1. The van der Waals surface area contributed by atoms with Gasteiger partial charge in [-0.15, -0.1) is 0 Å². The molecule has 11 heteroatoms. The molecule has 2 rings (SSSR count). The molecule has 0 aliphatic carbocycles. The Bertz CT molecular complexity index is 806. The summed E-state index contributed by atoms with van der Waals surface area (Å²) in [7, 11) is -2.01. The summed E-state index contributed by atoms with van der Waals surface area (Å²) < 4.78 is 29.2. The number of sulfonamides is 1. The van der Waals surface area contributed by atoms with Gasteiger partial charge in [-0.2, -0.15) is 0 Å². The van der Waals surface area contributed by atoms with Crippen LogP contribution >= 0.6 is 11.6 Å². The minimum Gasteiger partial charge on any atom is -0.465 e. The van der Waals surface area contributed by atoms with Crippen molar-refractivity contribution in [2.45, 2.75) is 12.8 Å². The molecule has 0 radical (unpaired) electrons. The number of carbonyl (C=O) groups is 1. The first-order valence-corrected chi connectivity index (χ1v) is 10.1. The second-order valence-corrected chi connectivity index (χ2v) is 8.47. The number of halogens is 1. The number of anilines is 1. The van der Waals surface area contributed by atoms with Gasteiger partial charge in [-0.05, 0) is 18.8 Å². The fourth-order valence-electron chi connectivity index (χ4n) is 2.84. The molecule has 1 aromatic carbocycles. The predicted octanol–water partition coefficient (Wildman–Crippen LogP) is 2.12. The molecule has 0 unspecified atom stereocenters. The van der Waals surface area contributed by atoms with E-state index in [1.165, 1.54) is 23.7 Å². The molecule has 1 fully saturated rings. The lowest BCUT2D eigenvalue weighted by Crippen LogP contribution is -2.39. The van der Waals surface area contributed by atoms with Gasteiger partial charge in [0, 0.05) is 31.8 Å². The number of rotatable bonds is 6. The van der Waals surface area contributed by atoms with Gasteiger partial charge in [-0.3, -0.25) is 10.1 Å². The van der Waals surface area contributed by atoms with Crippen molar-refractivity contribution in [2.24, 2.45) is 5.92 Å². The van der Waals surface area contributed by atoms with E-state index in [4.69, 9.17) is 11.6 Å². The van der Waals surface area contributed by atoms with Crippen LogP contribution in [0.1, 0.15) is 23.2 Å². The summed E-state index contributed by atoms with van der Waals surface area (Å²) in [6, 6.07) is 2.29. The van der Waals surface area contributed by atoms with Crippen LogP contribution in [0.2, 0.25) is 5.02 Å². The number of nitrogens with zero attached hydrogens (tertiary/aromatic N) is 2. The number of benzene rings is 1. The number of nitro benzene ring substituents is 1. The summed E-state index contributed by atoms with van der Waals surface area (Å²) in [5.41, 5.74) is -0.0441. The average Bonchev–Trinajstić information content (AvgIpc) is 2.58. The van der Waals surface area contributed by atoms with Gasteiger partial charge in [-0.25, -0.2) is 17.5 Å². The molecule has 1 N–H and O–H groups in total. The van der Waals surface area contributed by atoms with Crippen LogP contribution in [0.4, 0.5) is 11.4 Å². The molecule has 0 amide bonds. The summed E-state index contributed by atoms with van der Waals surface area (Å²) in [6.07, 6.45) is 2.52. The number of nitrogens with one attached hydrogen (secondary N) is 1. The third-order valence-electron chi connectivity index (χ3n) is 4.30. The van der Waals surface area contributed by atoms with E-state index in [2.05, 4.69) is 10.1 Å². The molecule has 144 valence electrons. The van der Waals surface area contributed by atoms with Gasteiger partial charge in [0.15, 0.2) is 0 Å². The van der Waals surface area contributed by atoms with Crippen molar-refractivity contribution in [2.75, 3.05) is 38.3 Å². The van der Waals surface area contributed by atoms with Gasteiger partial charge in [0.2, 0.25) is 10.0 Å². The van der Waals surface area contributed by atoms with E-state index in [1.54, 1.807) is 0 Å². The Morgan fingerprint density at radius 3 is 2.54 bits per heavy atom. The highest BCUT2D eigenvalue weighted by molar-refractivity contribution is 7.88. The van der Waals surface area contributed by atoms with Crippen LogP contribution in [0.25, 0.3) is 0 Å². The van der Waals surface area contributed by atoms with Gasteiger partial charge in [0.25, 0.3) is 5.69 Å². The normalized spacial score (nSPS) is 16.3. The fraction of sp³-hybridized carbons (Fsp3) is 0.533. The largest absolute Gasteiger partial charge is 0.465 e. The molecule has 1 aromatic rings. The molecular formula is C15H20ClN3O6S. The van der Waals surface area contributed by atoms with Crippen molar-refractivity contribution >= 4 is 39.0 Å². The monoisotopic (exact) mass is 405 g/mol. The molecule has 1 heterocycles. The number of ether oxygens (including phenoxy) is 1. The van der Waals surface area contributed by atoms with E-state index in [9.17, 15) is 23.3 Å². The van der Waals surface area contributed by atoms with Crippen LogP contribution in [0.3, 0.4) is 0 Å². The van der Waals surface area contributed by atoms with E-state index < -0.39 is 20.9 Å². The predicted molar refractivity (Wildman–Crippen MR) is 97.1 cm³/mol. The summed E-state index contributed by atoms with van der Waals surface area (Å²) in [5.74, 6) is -0.547. The van der Waals surface area contributed by atoms with Crippen molar-refractivity contribution in [1.82, 2.24) is 4.31 Å². The smallest absolute Gasteiger partial charge is 0.340 e. The zero-order chi connectivity index (χ0) is 19.5. The molecule has 26 heavy (non-hydrogen) atoms. The van der Waals surface area contributed by atoms with Crippen molar-refractivity contribution < 1.29 is 22.9 Å². The van der Waals surface area contributed by atoms with Crippen molar-refractivity contribution in [3.63, 3.8) is 0 Å². The van der Waals surface area contributed by atoms with Gasteiger partial charge in [0.05, 0.1) is 34.6 Å². The van der Waals surface area contributed by atoms with E-state index in [-0.39, 0.29) is 27.9 Å². The highest BCUT2D eigenvalue weighted by atomic mass is 35.5. The standard InChI is InChI=1S/C15H20ClN3O6S/c1-25-15(20)12-7-11(19(21)22)8-13(16)14(12)17-9-10-3-5-18(6-4-10)26(2,23)24/h7-8,10,17H,3-6,9H2,1-2H3. The Balaban J connectivity index is 2.12. The number of esters is 1. The highest BCUT2D eigenvalue weighted by Crippen LogP contribution is 2.32. The molecular weight excluding hydrogens is 386 g/mol. The van der Waals surface area contributed by atoms with Crippen LogP contribution in [-0.2, 0) is 14.8 Å². The maximum absolute atomic E-state index is 11.9. The van der Waals surface area contributed by atoms with Crippen molar-refractivity contribution in [3.8, 4) is 0 Å². The van der Waals surface area contributed by atoms with Crippen molar-refractivity contribution in [1.29, 1.82) is 0 Å². The van der Waals surface area contributed by atoms with Crippen LogP contribution < -0.4 is 5.32 Å². The van der Waals surface area contributed by atoms with Crippen LogP contribution in [-0.4, -0.2) is 56.6 Å². The molecule has 0 saturated carbocycles. The number of hydrogen-bond acceptors (Lipinski definition) is 7. The van der Waals surface area contributed by atoms with Crippen LogP contribution in [0, 0.1) is 16.0 Å². The van der Waals surface area contributed by atoms with E-state index in [1.807, 2.05) is 0 Å². The SMILES string of the molecule is COC(=O)c1cc([N+](=O)[O-])cc(Cl)c1NCC1CCN(S(C)(=O)=O)CC1. The second kappa shape index (κ2) is 8.19. The fourth-order valence-corrected chi connectivity index (χ4v) is 3.99. The third-order valence-corrected chi connectivity index (χ3v) is 5.90. The molecule has 0 atom stereocenters. The number of nitro groups is 1. The topological polar surface area (TPSA) is 119 Å². The molecule has 1 aliphatic rings. The zero-order valence-corrected chi connectivity index (χ0v) is 16.0. The maximum Gasteiger partial charge on any atom is 0.340 e. The lowest BCUT2D eigenvalue weighted by molar-refractivity contribution is -0.384. The zero-order valence-electron chi connectivity index (χ0n) is 14.4. The second-order valence-electron chi connectivity index (χ2n) is 6.09. The first-order chi connectivity index (χ1) is 12.1. The number of non-ortho nitro benzene ring substituents is 1. The number of hydrogen-bond donors (Lipinski definition) is 1. The maximum atomic E-state index is 11.9. The van der Waals surface area contributed by atoms with E-state index in [0.717, 1.165) is 6.07 Å². The molecule has 0 spiro atoms. The van der Waals surface area contributed by atoms with Crippen molar-refractivity contribution in [3.05, 3.63) is 32.8 Å². The molecule has 9 nitrogen and oxygen atoms in total. The molecule has 1 saturated heterocycles. The van der Waals surface area contributed by atoms with Crippen LogP contribution in [0.15, 0.2) is 12.1 Å². The van der Waals surface area contributed by atoms with Crippen LogP contribution in [0.5, 0.6) is 0 Å². The third kappa shape index (κ3) is 4.83. The minimum atomic E-state index is -3.19. The molecule has 0 aromatic heterocycles. The summed E-state index contributed by atoms with van der Waals surface area (Å²) in [5, 5.41) is 14.1. The van der Waals surface area contributed by atoms with Gasteiger partial charge >= 0.3 is 5.97 Å². The van der Waals surface area contributed by atoms with Gasteiger partial charge in [0.1, 0.15) is 0 Å². The summed E-state index contributed by atoms with van der Waals surface area (Å²) >= 11 is 6.12. The lowest BCUT2D eigenvalue weighted by atomic mass is 9.98. The number of methoxy groups -OCH3 is 1. The Labute approximate surface area is 156 Å². The first kappa shape index (κ1) is 20.4. The van der Waals surface area contributed by atoms with E-state index >= 15 is 0 Å². The Hall–Kier alpha value is -1.91. The van der Waals surface area contributed by atoms with Gasteiger partial charge < -0.3 is 10.1 Å². The summed E-state index contributed by atoms with van der Waals surface area (Å²) in [4.78, 5) is 22.3. The lowest BCUT2D eigenvalue weighted by Gasteiger charge is -2.30. The molecule has 1 aliphatic heterocycles. The Kier molecular flexibility index (Phi) is 6.43. The van der Waals surface area contributed by atoms with Gasteiger partial charge in [-0.1, -0.05) is 11.6 Å². The Morgan fingerprint density at radius 2 is 2.04 bits per heavy atom.